The van der Waals surface area contributed by atoms with Crippen LogP contribution in [0, 0.1) is 0 Å². The van der Waals surface area contributed by atoms with Crippen LogP contribution in [-0.2, 0) is 4.79 Å². The number of carbonyl (C=O) groups is 2. The van der Waals surface area contributed by atoms with Gasteiger partial charge in [-0.05, 0) is 70.5 Å². The van der Waals surface area contributed by atoms with E-state index in [2.05, 4.69) is 41.1 Å². The van der Waals surface area contributed by atoms with Gasteiger partial charge in [-0.25, -0.2) is 9.78 Å². The number of hydrazone groups is 1. The van der Waals surface area contributed by atoms with Crippen LogP contribution in [0.4, 0.5) is 22.0 Å². The first-order valence-electron chi connectivity index (χ1n) is 11.6. The molecule has 0 aliphatic carbocycles. The predicted molar refractivity (Wildman–Crippen MR) is 134 cm³/mol. The monoisotopic (exact) mass is 450 g/mol. The molecule has 8 nitrogen and oxygen atoms in total. The Kier molecular flexibility index (Phi) is 7.68. The molecular weight excluding hydrogens is 416 g/mol. The second kappa shape index (κ2) is 10.5. The van der Waals surface area contributed by atoms with Crippen LogP contribution in [0.5, 0.6) is 0 Å². The highest BCUT2D eigenvalue weighted by Crippen LogP contribution is 2.34. The number of urea groups is 1. The fraction of sp³-hybridized carbons (Fsp3) is 0.440. The highest BCUT2D eigenvalue weighted by atomic mass is 16.2. The maximum absolute atomic E-state index is 13.7. The summed E-state index contributed by atoms with van der Waals surface area (Å²) in [6.07, 6.45) is 3.44. The van der Waals surface area contributed by atoms with E-state index in [0.717, 1.165) is 31.6 Å². The molecular formula is C25H34N6O2. The molecule has 0 radical (unpaired) electrons. The molecule has 2 aromatic rings. The summed E-state index contributed by atoms with van der Waals surface area (Å²) < 4.78 is 0. The number of aromatic nitrogens is 1. The molecule has 33 heavy (non-hydrogen) atoms. The normalized spacial score (nSPS) is 17.7. The Morgan fingerprint density at radius 1 is 1.06 bits per heavy atom. The van der Waals surface area contributed by atoms with Gasteiger partial charge in [-0.2, -0.15) is 10.1 Å². The number of nitrogens with zero attached hydrogens (tertiary/aromatic N) is 5. The number of amides is 3. The first-order valence-corrected chi connectivity index (χ1v) is 11.6. The van der Waals surface area contributed by atoms with Crippen LogP contribution < -0.4 is 20.1 Å². The van der Waals surface area contributed by atoms with Gasteiger partial charge >= 0.3 is 6.03 Å². The number of nitrogens with one attached hydrogen (secondary N) is 1. The molecule has 3 rings (SSSR count). The van der Waals surface area contributed by atoms with Crippen LogP contribution in [0.2, 0.25) is 0 Å². The number of unbranched alkanes of at least 4 members (excludes halogenated alkanes) is 1. The largest absolute Gasteiger partial charge is 0.372 e. The van der Waals surface area contributed by atoms with Crippen LogP contribution in [0.25, 0.3) is 0 Å². The van der Waals surface area contributed by atoms with E-state index in [-0.39, 0.29) is 11.9 Å². The van der Waals surface area contributed by atoms with E-state index in [1.54, 1.807) is 38.2 Å². The minimum atomic E-state index is -1.29. The van der Waals surface area contributed by atoms with Crippen LogP contribution >= 0.6 is 0 Å². The third-order valence-corrected chi connectivity index (χ3v) is 6.12. The van der Waals surface area contributed by atoms with Gasteiger partial charge in [-0.3, -0.25) is 9.69 Å². The van der Waals surface area contributed by atoms with E-state index in [1.165, 1.54) is 9.91 Å². The van der Waals surface area contributed by atoms with Gasteiger partial charge in [-0.1, -0.05) is 19.4 Å². The lowest BCUT2D eigenvalue weighted by molar-refractivity contribution is -0.120. The van der Waals surface area contributed by atoms with Crippen LogP contribution in [0.3, 0.4) is 0 Å². The zero-order valence-corrected chi connectivity index (χ0v) is 20.2. The van der Waals surface area contributed by atoms with Gasteiger partial charge < -0.3 is 10.2 Å². The molecule has 1 unspecified atom stereocenters. The molecule has 2 heterocycles. The molecule has 1 atom stereocenters. The van der Waals surface area contributed by atoms with Crippen LogP contribution in [-0.4, -0.2) is 47.8 Å². The van der Waals surface area contributed by atoms with E-state index < -0.39 is 5.54 Å². The van der Waals surface area contributed by atoms with Crippen molar-refractivity contribution >= 4 is 34.8 Å². The fourth-order valence-electron chi connectivity index (χ4n) is 3.98. The zero-order chi connectivity index (χ0) is 24.0. The number of hydrogen-bond donors (Lipinski definition) is 1. The van der Waals surface area contributed by atoms with Crippen molar-refractivity contribution in [3.05, 3.63) is 48.7 Å². The van der Waals surface area contributed by atoms with Crippen LogP contribution in [0.15, 0.2) is 53.8 Å². The summed E-state index contributed by atoms with van der Waals surface area (Å²) in [6.45, 7) is 12.1. The highest BCUT2D eigenvalue weighted by molar-refractivity contribution is 6.27. The maximum Gasteiger partial charge on any atom is 0.323 e. The molecule has 1 aromatic heterocycles. The average molecular weight is 451 g/mol. The Labute approximate surface area is 196 Å². The molecule has 8 heteroatoms. The lowest BCUT2D eigenvalue weighted by Crippen LogP contribution is -2.62. The number of anilines is 3. The maximum atomic E-state index is 13.7. The third-order valence-electron chi connectivity index (χ3n) is 6.12. The molecule has 0 saturated carbocycles. The zero-order valence-electron chi connectivity index (χ0n) is 20.2. The average Bonchev–Trinajstić information content (AvgIpc) is 3.06. The SMILES string of the molecule is CCCCNC(=O)N(c1ccc(N(CC)CC)cc1)C1(C)C(=O)N(c2ccccn2)N=C1C. The topological polar surface area (TPSA) is 81.1 Å². The van der Waals surface area contributed by atoms with Crippen molar-refractivity contribution in [2.24, 2.45) is 5.10 Å². The lowest BCUT2D eigenvalue weighted by Gasteiger charge is -2.37. The number of benzene rings is 1. The molecule has 0 spiro atoms. The van der Waals surface area contributed by atoms with Gasteiger partial charge in [0.05, 0.1) is 5.71 Å². The van der Waals surface area contributed by atoms with Gasteiger partial charge in [-0.15, -0.1) is 0 Å². The van der Waals surface area contributed by atoms with Crippen LogP contribution in [0.1, 0.15) is 47.5 Å². The number of pyridine rings is 1. The van der Waals surface area contributed by atoms with Gasteiger partial charge in [0.1, 0.15) is 0 Å². The minimum Gasteiger partial charge on any atom is -0.372 e. The molecule has 1 aliphatic rings. The molecule has 1 N–H and O–H groups in total. The Balaban J connectivity index is 2.01. The summed E-state index contributed by atoms with van der Waals surface area (Å²) in [6, 6.07) is 12.7. The number of carbonyl (C=O) groups excluding carboxylic acids is 2. The van der Waals surface area contributed by atoms with Gasteiger partial charge in [0, 0.05) is 37.2 Å². The van der Waals surface area contributed by atoms with Gasteiger partial charge in [0.2, 0.25) is 0 Å². The Hall–Kier alpha value is -3.42. The Bertz CT molecular complexity index is 988. The summed E-state index contributed by atoms with van der Waals surface area (Å²) in [7, 11) is 0. The first-order chi connectivity index (χ1) is 15.9. The molecule has 0 bridgehead atoms. The predicted octanol–water partition coefficient (Wildman–Crippen LogP) is 4.43. The molecule has 0 saturated heterocycles. The van der Waals surface area contributed by atoms with Gasteiger partial charge in [0.15, 0.2) is 11.4 Å². The first kappa shape index (κ1) is 24.2. The third kappa shape index (κ3) is 4.69. The highest BCUT2D eigenvalue weighted by Gasteiger charge is 2.53. The van der Waals surface area contributed by atoms with Crippen molar-refractivity contribution < 1.29 is 9.59 Å². The molecule has 0 fully saturated rings. The van der Waals surface area contributed by atoms with E-state index >= 15 is 0 Å². The molecule has 1 aromatic carbocycles. The summed E-state index contributed by atoms with van der Waals surface area (Å²) >= 11 is 0. The molecule has 3 amide bonds. The summed E-state index contributed by atoms with van der Waals surface area (Å²) in [5.74, 6) is 0.103. The van der Waals surface area contributed by atoms with Crippen molar-refractivity contribution in [2.45, 2.75) is 53.0 Å². The van der Waals surface area contributed by atoms with E-state index in [0.29, 0.717) is 23.8 Å². The standard InChI is InChI=1S/C25H34N6O2/c1-6-9-17-27-24(33)30(21-15-13-20(14-16-21)29(7-2)8-3)25(5)19(4)28-31(23(25)32)22-12-10-11-18-26-22/h10-16,18H,6-9,17H2,1-5H3,(H,27,33). The molecule has 1 aliphatic heterocycles. The quantitative estimate of drug-likeness (QED) is 0.573. The van der Waals surface area contributed by atoms with Crippen molar-refractivity contribution in [3.8, 4) is 0 Å². The van der Waals surface area contributed by atoms with E-state index in [9.17, 15) is 9.59 Å². The van der Waals surface area contributed by atoms with Crippen molar-refractivity contribution in [2.75, 3.05) is 34.4 Å². The Morgan fingerprint density at radius 3 is 2.30 bits per heavy atom. The summed E-state index contributed by atoms with van der Waals surface area (Å²) in [4.78, 5) is 35.2. The van der Waals surface area contributed by atoms with E-state index in [4.69, 9.17) is 0 Å². The summed E-state index contributed by atoms with van der Waals surface area (Å²) in [5.41, 5.74) is 0.938. The minimum absolute atomic E-state index is 0.322. The van der Waals surface area contributed by atoms with Crippen molar-refractivity contribution in [1.29, 1.82) is 0 Å². The number of rotatable bonds is 9. The van der Waals surface area contributed by atoms with Gasteiger partial charge in [0.25, 0.3) is 5.91 Å². The lowest BCUT2D eigenvalue weighted by atomic mass is 9.93. The number of hydrogen-bond acceptors (Lipinski definition) is 5. The molecule has 176 valence electrons. The van der Waals surface area contributed by atoms with Crippen molar-refractivity contribution in [1.82, 2.24) is 10.3 Å². The second-order valence-corrected chi connectivity index (χ2v) is 8.17. The Morgan fingerprint density at radius 2 is 1.73 bits per heavy atom. The smallest absolute Gasteiger partial charge is 0.323 e. The van der Waals surface area contributed by atoms with Crippen molar-refractivity contribution in [3.63, 3.8) is 0 Å². The fourth-order valence-corrected chi connectivity index (χ4v) is 3.98. The second-order valence-electron chi connectivity index (χ2n) is 8.17. The summed E-state index contributed by atoms with van der Waals surface area (Å²) in [5, 5.41) is 8.76. The van der Waals surface area contributed by atoms with E-state index in [1.807, 2.05) is 24.3 Å².